The van der Waals surface area contributed by atoms with Gasteiger partial charge in [0.1, 0.15) is 0 Å². The first-order chi connectivity index (χ1) is 8.13. The van der Waals surface area contributed by atoms with Gasteiger partial charge in [-0.2, -0.15) is 0 Å². The molecular formula is C12H24N2O3. The Bertz CT molecular complexity index is 236. The fourth-order valence-corrected chi connectivity index (χ4v) is 2.18. The Labute approximate surface area is 103 Å². The number of methoxy groups -OCH3 is 1. The molecule has 0 heterocycles. The van der Waals surface area contributed by atoms with Gasteiger partial charge in [-0.3, -0.25) is 4.79 Å². The number of rotatable bonds is 6. The SMILES string of the molecule is COCCCC(N)C(=O)NC1CCCC(O)C1. The lowest BCUT2D eigenvalue weighted by Gasteiger charge is -2.27. The lowest BCUT2D eigenvalue weighted by Crippen LogP contribution is -2.47. The number of nitrogens with one attached hydrogen (secondary N) is 1. The van der Waals surface area contributed by atoms with Gasteiger partial charge >= 0.3 is 0 Å². The van der Waals surface area contributed by atoms with E-state index in [0.717, 1.165) is 25.7 Å². The van der Waals surface area contributed by atoms with E-state index in [1.165, 1.54) is 0 Å². The van der Waals surface area contributed by atoms with E-state index in [0.29, 0.717) is 19.4 Å². The van der Waals surface area contributed by atoms with E-state index in [1.807, 2.05) is 0 Å². The Morgan fingerprint density at radius 2 is 2.35 bits per heavy atom. The first-order valence-corrected chi connectivity index (χ1v) is 6.36. The van der Waals surface area contributed by atoms with Crippen molar-refractivity contribution in [3.8, 4) is 0 Å². The third-order valence-electron chi connectivity index (χ3n) is 3.19. The summed E-state index contributed by atoms with van der Waals surface area (Å²) in [6.45, 7) is 0.628. The number of aliphatic hydroxyl groups excluding tert-OH is 1. The maximum atomic E-state index is 11.8. The highest BCUT2D eigenvalue weighted by Crippen LogP contribution is 2.18. The van der Waals surface area contributed by atoms with Crippen LogP contribution in [0.3, 0.4) is 0 Å². The van der Waals surface area contributed by atoms with Gasteiger partial charge in [0.05, 0.1) is 12.1 Å². The number of hydrogen-bond donors (Lipinski definition) is 3. The third kappa shape index (κ3) is 5.48. The molecular weight excluding hydrogens is 220 g/mol. The zero-order valence-corrected chi connectivity index (χ0v) is 10.5. The molecule has 1 aliphatic carbocycles. The minimum atomic E-state index is -0.468. The highest BCUT2D eigenvalue weighted by Gasteiger charge is 2.23. The summed E-state index contributed by atoms with van der Waals surface area (Å²) in [6, 6.07) is -0.385. The molecule has 0 saturated heterocycles. The quantitative estimate of drug-likeness (QED) is 0.581. The van der Waals surface area contributed by atoms with Gasteiger partial charge in [-0.1, -0.05) is 0 Å². The molecule has 1 amide bonds. The molecule has 1 aliphatic rings. The highest BCUT2D eigenvalue weighted by atomic mass is 16.5. The van der Waals surface area contributed by atoms with Crippen LogP contribution in [-0.4, -0.2) is 42.9 Å². The first-order valence-electron chi connectivity index (χ1n) is 6.36. The van der Waals surface area contributed by atoms with Gasteiger partial charge in [0, 0.05) is 19.8 Å². The molecule has 0 spiro atoms. The Hall–Kier alpha value is -0.650. The second-order valence-corrected chi connectivity index (χ2v) is 4.77. The molecule has 0 aromatic carbocycles. The normalized spacial score (nSPS) is 26.5. The van der Waals surface area contributed by atoms with Gasteiger partial charge in [-0.05, 0) is 38.5 Å². The standard InChI is InChI=1S/C12H24N2O3/c1-17-7-3-6-11(13)12(16)14-9-4-2-5-10(15)8-9/h9-11,15H,2-8,13H2,1H3,(H,14,16). The predicted molar refractivity (Wildman–Crippen MR) is 65.5 cm³/mol. The van der Waals surface area contributed by atoms with Gasteiger partial charge in [-0.25, -0.2) is 0 Å². The van der Waals surface area contributed by atoms with E-state index >= 15 is 0 Å². The number of carbonyl (C=O) groups excluding carboxylic acids is 1. The van der Waals surface area contributed by atoms with Crippen LogP contribution in [0.25, 0.3) is 0 Å². The van der Waals surface area contributed by atoms with Gasteiger partial charge < -0.3 is 20.9 Å². The van der Waals surface area contributed by atoms with Crippen LogP contribution in [0.5, 0.6) is 0 Å². The van der Waals surface area contributed by atoms with Crippen molar-refractivity contribution in [2.75, 3.05) is 13.7 Å². The number of amides is 1. The van der Waals surface area contributed by atoms with Gasteiger partial charge in [0.2, 0.25) is 5.91 Å². The molecule has 0 bridgehead atoms. The summed E-state index contributed by atoms with van der Waals surface area (Å²) < 4.78 is 4.92. The Morgan fingerprint density at radius 1 is 1.59 bits per heavy atom. The van der Waals surface area contributed by atoms with E-state index < -0.39 is 6.04 Å². The molecule has 0 aliphatic heterocycles. The zero-order chi connectivity index (χ0) is 12.7. The van der Waals surface area contributed by atoms with Gasteiger partial charge in [0.25, 0.3) is 0 Å². The molecule has 5 nitrogen and oxygen atoms in total. The smallest absolute Gasteiger partial charge is 0.237 e. The topological polar surface area (TPSA) is 84.6 Å². The molecule has 17 heavy (non-hydrogen) atoms. The van der Waals surface area contributed by atoms with Gasteiger partial charge in [0.15, 0.2) is 0 Å². The van der Waals surface area contributed by atoms with Crippen molar-refractivity contribution in [2.24, 2.45) is 5.73 Å². The van der Waals surface area contributed by atoms with Crippen LogP contribution in [0.15, 0.2) is 0 Å². The number of hydrogen-bond acceptors (Lipinski definition) is 4. The Kier molecular flexibility index (Phi) is 6.47. The average molecular weight is 244 g/mol. The second kappa shape index (κ2) is 7.63. The van der Waals surface area contributed by atoms with E-state index in [1.54, 1.807) is 7.11 Å². The summed E-state index contributed by atoms with van der Waals surface area (Å²) in [5.41, 5.74) is 5.78. The van der Waals surface area contributed by atoms with Crippen LogP contribution in [0.1, 0.15) is 38.5 Å². The predicted octanol–water partition coefficient (Wildman–Crippen LogP) is 0.160. The minimum absolute atomic E-state index is 0.0831. The molecule has 5 heteroatoms. The van der Waals surface area contributed by atoms with Gasteiger partial charge in [-0.15, -0.1) is 0 Å². The number of aliphatic hydroxyl groups is 1. The molecule has 3 unspecified atom stereocenters. The molecule has 0 aromatic rings. The molecule has 0 aromatic heterocycles. The average Bonchev–Trinajstić information content (AvgIpc) is 2.29. The van der Waals surface area contributed by atoms with Crippen LogP contribution in [0.2, 0.25) is 0 Å². The van der Waals surface area contributed by atoms with Crippen molar-refractivity contribution in [2.45, 2.75) is 56.7 Å². The Morgan fingerprint density at radius 3 is 3.00 bits per heavy atom. The maximum Gasteiger partial charge on any atom is 0.237 e. The third-order valence-corrected chi connectivity index (χ3v) is 3.19. The second-order valence-electron chi connectivity index (χ2n) is 4.77. The molecule has 1 fully saturated rings. The number of nitrogens with two attached hydrogens (primary N) is 1. The van der Waals surface area contributed by atoms with E-state index in [2.05, 4.69) is 5.32 Å². The van der Waals surface area contributed by atoms with Crippen molar-refractivity contribution >= 4 is 5.91 Å². The van der Waals surface area contributed by atoms with Crippen molar-refractivity contribution in [3.63, 3.8) is 0 Å². The highest BCUT2D eigenvalue weighted by molar-refractivity contribution is 5.81. The summed E-state index contributed by atoms with van der Waals surface area (Å²) in [4.78, 5) is 11.8. The molecule has 1 rings (SSSR count). The lowest BCUT2D eigenvalue weighted by atomic mass is 9.93. The monoisotopic (exact) mass is 244 g/mol. The molecule has 1 saturated carbocycles. The largest absolute Gasteiger partial charge is 0.393 e. The number of ether oxygens (including phenoxy) is 1. The van der Waals surface area contributed by atoms with Crippen LogP contribution in [0.4, 0.5) is 0 Å². The molecule has 3 atom stereocenters. The van der Waals surface area contributed by atoms with Crippen molar-refractivity contribution in [1.82, 2.24) is 5.32 Å². The first kappa shape index (κ1) is 14.4. The summed E-state index contributed by atoms with van der Waals surface area (Å²) in [6.07, 6.45) is 4.54. The molecule has 4 N–H and O–H groups in total. The van der Waals surface area contributed by atoms with Crippen molar-refractivity contribution in [1.29, 1.82) is 0 Å². The summed E-state index contributed by atoms with van der Waals surface area (Å²) in [7, 11) is 1.63. The minimum Gasteiger partial charge on any atom is -0.393 e. The molecule has 0 radical (unpaired) electrons. The molecule has 100 valence electrons. The van der Waals surface area contributed by atoms with Crippen molar-refractivity contribution in [3.05, 3.63) is 0 Å². The van der Waals surface area contributed by atoms with E-state index in [9.17, 15) is 9.90 Å². The van der Waals surface area contributed by atoms with Crippen molar-refractivity contribution < 1.29 is 14.6 Å². The summed E-state index contributed by atoms with van der Waals surface area (Å²) in [5.74, 6) is -0.111. The van der Waals surface area contributed by atoms with Crippen LogP contribution < -0.4 is 11.1 Å². The van der Waals surface area contributed by atoms with Crippen LogP contribution >= 0.6 is 0 Å². The van der Waals surface area contributed by atoms with E-state index in [-0.39, 0.29) is 18.1 Å². The summed E-state index contributed by atoms with van der Waals surface area (Å²) >= 11 is 0. The zero-order valence-electron chi connectivity index (χ0n) is 10.5. The van der Waals surface area contributed by atoms with E-state index in [4.69, 9.17) is 10.5 Å². The Balaban J connectivity index is 2.22. The fraction of sp³-hybridized carbons (Fsp3) is 0.917. The summed E-state index contributed by atoms with van der Waals surface area (Å²) in [5, 5.41) is 12.4. The number of carbonyl (C=O) groups is 1. The van der Waals surface area contributed by atoms with Crippen LogP contribution in [-0.2, 0) is 9.53 Å². The van der Waals surface area contributed by atoms with Crippen LogP contribution in [0, 0.1) is 0 Å². The fourth-order valence-electron chi connectivity index (χ4n) is 2.18. The maximum absolute atomic E-state index is 11.8. The lowest BCUT2D eigenvalue weighted by molar-refractivity contribution is -0.123.